The van der Waals surface area contributed by atoms with Gasteiger partial charge in [0.05, 0.1) is 9.80 Å². The van der Waals surface area contributed by atoms with E-state index in [1.165, 1.54) is 23.9 Å². The van der Waals surface area contributed by atoms with Gasteiger partial charge < -0.3 is 16.0 Å². The Kier molecular flexibility index (Phi) is 4.77. The number of rotatable bonds is 4. The number of carbonyl (C=O) groups excluding carboxylic acids is 1. The molecule has 0 radical (unpaired) electrons. The standard InChI is InChI=1S/C20H16N4O3S2/c21-20(22)23-29(26,27)15-9-7-13(8-10-15)24-11-3-4-14(24)12-18-19(25)16-5-1-2-6-17(16)28-18/h1-12H,(H4,21,22,23)/b18-12-. The molecular formula is C20H16N4O3S2. The molecular weight excluding hydrogens is 408 g/mol. The predicted octanol–water partition coefficient (Wildman–Crippen LogP) is 2.77. The fourth-order valence-corrected chi connectivity index (χ4v) is 4.89. The monoisotopic (exact) mass is 424 g/mol. The molecule has 29 heavy (non-hydrogen) atoms. The van der Waals surface area contributed by atoms with Crippen LogP contribution in [0.1, 0.15) is 16.1 Å². The van der Waals surface area contributed by atoms with Gasteiger partial charge >= 0.3 is 0 Å². The number of guanidine groups is 1. The molecule has 0 amide bonds. The lowest BCUT2D eigenvalue weighted by Crippen LogP contribution is -2.24. The minimum atomic E-state index is -3.94. The zero-order valence-corrected chi connectivity index (χ0v) is 16.7. The first kappa shape index (κ1) is 19.0. The molecule has 1 aromatic heterocycles. The summed E-state index contributed by atoms with van der Waals surface area (Å²) in [5.74, 6) is -0.523. The molecule has 0 unspecified atom stereocenters. The van der Waals surface area contributed by atoms with Crippen molar-refractivity contribution >= 4 is 39.6 Å². The summed E-state index contributed by atoms with van der Waals surface area (Å²) in [6.45, 7) is 0. The molecule has 2 aromatic carbocycles. The zero-order valence-electron chi connectivity index (χ0n) is 15.0. The van der Waals surface area contributed by atoms with Crippen molar-refractivity contribution in [3.63, 3.8) is 0 Å². The van der Waals surface area contributed by atoms with Crippen molar-refractivity contribution in [2.45, 2.75) is 9.79 Å². The number of hydrogen-bond acceptors (Lipinski definition) is 4. The van der Waals surface area contributed by atoms with Crippen LogP contribution in [0, 0.1) is 0 Å². The number of carbonyl (C=O) groups is 1. The van der Waals surface area contributed by atoms with Crippen LogP contribution in [-0.4, -0.2) is 24.7 Å². The number of nitrogens with zero attached hydrogens (tertiary/aromatic N) is 2. The maximum absolute atomic E-state index is 12.6. The second-order valence-corrected chi connectivity index (χ2v) is 8.91. The molecule has 9 heteroatoms. The van der Waals surface area contributed by atoms with E-state index in [2.05, 4.69) is 4.40 Å². The first-order valence-corrected chi connectivity index (χ1v) is 10.8. The number of hydrogen-bond donors (Lipinski definition) is 2. The molecule has 1 aliphatic heterocycles. The van der Waals surface area contributed by atoms with Crippen LogP contribution in [0.2, 0.25) is 0 Å². The van der Waals surface area contributed by atoms with Gasteiger partial charge in [-0.15, -0.1) is 4.40 Å². The number of aromatic nitrogens is 1. The predicted molar refractivity (Wildman–Crippen MR) is 113 cm³/mol. The summed E-state index contributed by atoms with van der Waals surface area (Å²) >= 11 is 1.44. The summed E-state index contributed by atoms with van der Waals surface area (Å²) in [4.78, 5) is 14.2. The van der Waals surface area contributed by atoms with E-state index < -0.39 is 16.0 Å². The summed E-state index contributed by atoms with van der Waals surface area (Å²) in [6, 6.07) is 17.4. The summed E-state index contributed by atoms with van der Waals surface area (Å²) in [5, 5.41) is 0. The number of benzene rings is 2. The average Bonchev–Trinajstić information content (AvgIpc) is 3.26. The van der Waals surface area contributed by atoms with Crippen LogP contribution in [-0.2, 0) is 10.0 Å². The number of fused-ring (bicyclic) bond motifs is 1. The van der Waals surface area contributed by atoms with Crippen LogP contribution in [0.25, 0.3) is 11.8 Å². The number of ketones is 1. The Morgan fingerprint density at radius 1 is 1.00 bits per heavy atom. The smallest absolute Gasteiger partial charge is 0.285 e. The highest BCUT2D eigenvalue weighted by atomic mass is 32.2. The molecule has 7 nitrogen and oxygen atoms in total. The third kappa shape index (κ3) is 3.69. The number of thioether (sulfide) groups is 1. The van der Waals surface area contributed by atoms with Crippen LogP contribution in [0.5, 0.6) is 0 Å². The van der Waals surface area contributed by atoms with E-state index >= 15 is 0 Å². The highest BCUT2D eigenvalue weighted by molar-refractivity contribution is 8.04. The van der Waals surface area contributed by atoms with Crippen molar-refractivity contribution in [3.8, 4) is 5.69 Å². The lowest BCUT2D eigenvalue weighted by atomic mass is 10.1. The van der Waals surface area contributed by atoms with Gasteiger partial charge in [0.15, 0.2) is 0 Å². The highest BCUT2D eigenvalue weighted by Crippen LogP contribution is 2.40. The van der Waals surface area contributed by atoms with Gasteiger partial charge in [0.2, 0.25) is 11.7 Å². The van der Waals surface area contributed by atoms with Gasteiger partial charge in [-0.1, -0.05) is 23.9 Å². The number of nitrogens with two attached hydrogens (primary N) is 2. The van der Waals surface area contributed by atoms with E-state index in [4.69, 9.17) is 11.5 Å². The second kappa shape index (κ2) is 7.26. The first-order chi connectivity index (χ1) is 13.8. The molecule has 0 saturated heterocycles. The Morgan fingerprint density at radius 2 is 1.72 bits per heavy atom. The Hall–Kier alpha value is -3.30. The molecule has 0 atom stereocenters. The Labute approximate surface area is 171 Å². The van der Waals surface area contributed by atoms with Crippen molar-refractivity contribution in [2.75, 3.05) is 0 Å². The average molecular weight is 425 g/mol. The van der Waals surface area contributed by atoms with Gasteiger partial charge in [-0.25, -0.2) is 0 Å². The van der Waals surface area contributed by atoms with Gasteiger partial charge in [-0.05, 0) is 54.6 Å². The minimum Gasteiger partial charge on any atom is -0.369 e. The van der Waals surface area contributed by atoms with Gasteiger partial charge in [0.1, 0.15) is 0 Å². The fraction of sp³-hybridized carbons (Fsp3) is 0. The highest BCUT2D eigenvalue weighted by Gasteiger charge is 2.25. The van der Waals surface area contributed by atoms with Crippen LogP contribution in [0.15, 0.2) is 86.0 Å². The molecule has 146 valence electrons. The van der Waals surface area contributed by atoms with E-state index in [-0.39, 0.29) is 10.7 Å². The maximum Gasteiger partial charge on any atom is 0.285 e. The van der Waals surface area contributed by atoms with Gasteiger partial charge in [-0.2, -0.15) is 8.42 Å². The van der Waals surface area contributed by atoms with E-state index in [9.17, 15) is 13.2 Å². The summed E-state index contributed by atoms with van der Waals surface area (Å²) in [5.41, 5.74) is 12.6. The SMILES string of the molecule is NC(N)=NS(=O)(=O)c1ccc(-n2cccc2/C=C2\Sc3ccccc3C2=O)cc1. The number of sulfonamides is 1. The number of allylic oxidation sites excluding steroid dienone is 1. The van der Waals surface area contributed by atoms with Crippen molar-refractivity contribution in [1.29, 1.82) is 0 Å². The van der Waals surface area contributed by atoms with Crippen molar-refractivity contribution < 1.29 is 13.2 Å². The maximum atomic E-state index is 12.6. The third-order valence-electron chi connectivity index (χ3n) is 4.27. The lowest BCUT2D eigenvalue weighted by molar-refractivity contribution is 0.104. The summed E-state index contributed by atoms with van der Waals surface area (Å²) in [7, 11) is -3.94. The van der Waals surface area contributed by atoms with Gasteiger partial charge in [-0.3, -0.25) is 4.79 Å². The molecule has 0 spiro atoms. The van der Waals surface area contributed by atoms with Crippen LogP contribution < -0.4 is 11.5 Å². The molecule has 1 aliphatic rings. The molecule has 0 bridgehead atoms. The molecule has 4 N–H and O–H groups in total. The van der Waals surface area contributed by atoms with Crippen molar-refractivity contribution in [2.24, 2.45) is 15.9 Å². The Morgan fingerprint density at radius 3 is 2.41 bits per heavy atom. The molecule has 3 aromatic rings. The molecule has 0 saturated carbocycles. The minimum absolute atomic E-state index is 0.00275. The molecule has 2 heterocycles. The van der Waals surface area contributed by atoms with Crippen molar-refractivity contribution in [3.05, 3.63) is 83.0 Å². The van der Waals surface area contributed by atoms with E-state index in [0.717, 1.165) is 16.3 Å². The summed E-state index contributed by atoms with van der Waals surface area (Å²) in [6.07, 6.45) is 3.67. The van der Waals surface area contributed by atoms with Crippen LogP contribution in [0.3, 0.4) is 0 Å². The van der Waals surface area contributed by atoms with Gasteiger partial charge in [0.25, 0.3) is 10.0 Å². The Balaban J connectivity index is 1.66. The fourth-order valence-electron chi connectivity index (χ4n) is 2.99. The normalized spacial score (nSPS) is 14.8. The third-order valence-corrected chi connectivity index (χ3v) is 6.69. The van der Waals surface area contributed by atoms with Gasteiger partial charge in [0, 0.05) is 28.0 Å². The van der Waals surface area contributed by atoms with E-state index in [1.807, 2.05) is 53.2 Å². The van der Waals surface area contributed by atoms with E-state index in [0.29, 0.717) is 10.5 Å². The topological polar surface area (TPSA) is 121 Å². The molecule has 4 rings (SSSR count). The quantitative estimate of drug-likeness (QED) is 0.377. The summed E-state index contributed by atoms with van der Waals surface area (Å²) < 4.78 is 29.3. The lowest BCUT2D eigenvalue weighted by Gasteiger charge is -2.08. The zero-order chi connectivity index (χ0) is 20.6. The van der Waals surface area contributed by atoms with Crippen LogP contribution in [0.4, 0.5) is 0 Å². The number of Topliss-reactive ketones (excluding diaryl/α,β-unsaturated/α-hetero) is 1. The van der Waals surface area contributed by atoms with Crippen molar-refractivity contribution in [1.82, 2.24) is 4.57 Å². The molecule has 0 fully saturated rings. The first-order valence-electron chi connectivity index (χ1n) is 8.52. The Bertz CT molecular complexity index is 1270. The van der Waals surface area contributed by atoms with E-state index in [1.54, 1.807) is 12.1 Å². The second-order valence-electron chi connectivity index (χ2n) is 6.22. The van der Waals surface area contributed by atoms with Crippen LogP contribution >= 0.6 is 11.8 Å². The largest absolute Gasteiger partial charge is 0.369 e. The molecule has 0 aliphatic carbocycles.